The fraction of sp³-hybridized carbons (Fsp3) is 0.345. The summed E-state index contributed by atoms with van der Waals surface area (Å²) in [5.74, 6) is 2.34. The monoisotopic (exact) mass is 451 g/mol. The molecule has 4 heteroatoms. The summed E-state index contributed by atoms with van der Waals surface area (Å²) in [5, 5.41) is 0. The van der Waals surface area contributed by atoms with Crippen molar-refractivity contribution in [2.45, 2.75) is 47.6 Å². The van der Waals surface area contributed by atoms with Crippen molar-refractivity contribution in [2.75, 3.05) is 21.3 Å². The first-order valence-electron chi connectivity index (χ1n) is 11.7. The molecule has 0 heterocycles. The SMILES string of the molecule is CC.CC.CC.COc1ccccc1C=NC(c1ccccc1OC)c1ccccc1OC. The van der Waals surface area contributed by atoms with Gasteiger partial charge in [-0.3, -0.25) is 4.99 Å². The second kappa shape index (κ2) is 18.3. The second-order valence-corrected chi connectivity index (χ2v) is 5.91. The second-order valence-electron chi connectivity index (χ2n) is 5.91. The van der Waals surface area contributed by atoms with E-state index >= 15 is 0 Å². The molecule has 0 atom stereocenters. The Bertz CT molecular complexity index is 875. The molecule has 180 valence electrons. The van der Waals surface area contributed by atoms with E-state index < -0.39 is 0 Å². The molecular weight excluding hydrogens is 410 g/mol. The van der Waals surface area contributed by atoms with E-state index in [0.29, 0.717) is 0 Å². The van der Waals surface area contributed by atoms with Crippen LogP contribution in [0.5, 0.6) is 17.2 Å². The zero-order chi connectivity index (χ0) is 25.1. The van der Waals surface area contributed by atoms with Gasteiger partial charge in [-0.25, -0.2) is 0 Å². The van der Waals surface area contributed by atoms with Crippen molar-refractivity contribution in [2.24, 2.45) is 4.99 Å². The summed E-state index contributed by atoms with van der Waals surface area (Å²) >= 11 is 0. The molecule has 33 heavy (non-hydrogen) atoms. The summed E-state index contributed by atoms with van der Waals surface area (Å²) in [4.78, 5) is 4.90. The zero-order valence-electron chi connectivity index (χ0n) is 21.8. The molecule has 0 aliphatic rings. The number of para-hydroxylation sites is 3. The molecule has 0 aliphatic carbocycles. The quantitative estimate of drug-likeness (QED) is 0.342. The largest absolute Gasteiger partial charge is 0.496 e. The predicted octanol–water partition coefficient (Wildman–Crippen LogP) is 8.00. The molecule has 0 aromatic heterocycles. The summed E-state index contributed by atoms with van der Waals surface area (Å²) in [6, 6.07) is 23.3. The molecule has 0 saturated heterocycles. The Balaban J connectivity index is 0.00000158. The first kappa shape index (κ1) is 29.7. The standard InChI is InChI=1S/C23H23NO3.3C2H6/c1-25-20-13-7-4-10-17(20)16-24-23(18-11-5-8-14-21(18)26-2)19-12-6-9-15-22(19)27-3;3*1-2/h4-16,23H,1-3H3;3*1-2H3. The van der Waals surface area contributed by atoms with Gasteiger partial charge in [-0.2, -0.15) is 0 Å². The van der Waals surface area contributed by atoms with Crippen molar-refractivity contribution in [3.8, 4) is 17.2 Å². The maximum Gasteiger partial charge on any atom is 0.127 e. The maximum atomic E-state index is 5.58. The summed E-state index contributed by atoms with van der Waals surface area (Å²) < 4.78 is 16.6. The highest BCUT2D eigenvalue weighted by molar-refractivity contribution is 5.84. The lowest BCUT2D eigenvalue weighted by atomic mass is 9.97. The Labute approximate surface area is 201 Å². The third kappa shape index (κ3) is 8.64. The van der Waals surface area contributed by atoms with E-state index in [0.717, 1.165) is 33.9 Å². The summed E-state index contributed by atoms with van der Waals surface area (Å²) in [6.45, 7) is 12.0. The van der Waals surface area contributed by atoms with Gasteiger partial charge in [0.1, 0.15) is 23.3 Å². The number of benzene rings is 3. The van der Waals surface area contributed by atoms with Crippen LogP contribution in [-0.4, -0.2) is 27.5 Å². The van der Waals surface area contributed by atoms with Crippen molar-refractivity contribution < 1.29 is 14.2 Å². The molecule has 3 aromatic rings. The molecular formula is C29H41NO3. The lowest BCUT2D eigenvalue weighted by molar-refractivity contribution is 0.400. The van der Waals surface area contributed by atoms with Gasteiger partial charge in [0, 0.05) is 22.9 Å². The minimum atomic E-state index is -0.276. The number of nitrogens with zero attached hydrogens (tertiary/aromatic N) is 1. The van der Waals surface area contributed by atoms with Gasteiger partial charge in [0.05, 0.1) is 21.3 Å². The van der Waals surface area contributed by atoms with E-state index in [-0.39, 0.29) is 6.04 Å². The Morgan fingerprint density at radius 3 is 1.33 bits per heavy atom. The van der Waals surface area contributed by atoms with E-state index in [1.807, 2.05) is 121 Å². The van der Waals surface area contributed by atoms with Gasteiger partial charge in [0.2, 0.25) is 0 Å². The Morgan fingerprint density at radius 2 is 0.909 bits per heavy atom. The molecule has 0 N–H and O–H groups in total. The molecule has 0 spiro atoms. The molecule has 0 aliphatic heterocycles. The number of aliphatic imine (C=N–C) groups is 1. The minimum Gasteiger partial charge on any atom is -0.496 e. The van der Waals surface area contributed by atoms with Crippen LogP contribution in [0.3, 0.4) is 0 Å². The predicted molar refractivity (Wildman–Crippen MR) is 142 cm³/mol. The summed E-state index contributed by atoms with van der Waals surface area (Å²) in [6.07, 6.45) is 1.84. The van der Waals surface area contributed by atoms with E-state index in [4.69, 9.17) is 19.2 Å². The number of hydrogen-bond donors (Lipinski definition) is 0. The number of hydrogen-bond acceptors (Lipinski definition) is 4. The third-order valence-electron chi connectivity index (χ3n) is 4.37. The lowest BCUT2D eigenvalue weighted by Crippen LogP contribution is -2.04. The van der Waals surface area contributed by atoms with E-state index in [1.54, 1.807) is 21.3 Å². The fourth-order valence-corrected chi connectivity index (χ4v) is 3.04. The third-order valence-corrected chi connectivity index (χ3v) is 4.37. The molecule has 0 radical (unpaired) electrons. The Hall–Kier alpha value is -3.27. The van der Waals surface area contributed by atoms with Crippen molar-refractivity contribution in [1.29, 1.82) is 0 Å². The van der Waals surface area contributed by atoms with Crippen LogP contribution in [0.25, 0.3) is 0 Å². The van der Waals surface area contributed by atoms with Gasteiger partial charge in [-0.15, -0.1) is 0 Å². The van der Waals surface area contributed by atoms with Gasteiger partial charge in [0.15, 0.2) is 0 Å². The normalized spacial score (nSPS) is 9.52. The summed E-state index contributed by atoms with van der Waals surface area (Å²) in [7, 11) is 4.99. The fourth-order valence-electron chi connectivity index (χ4n) is 3.04. The van der Waals surface area contributed by atoms with E-state index in [9.17, 15) is 0 Å². The molecule has 0 amide bonds. The number of methoxy groups -OCH3 is 3. The van der Waals surface area contributed by atoms with E-state index in [1.165, 1.54) is 0 Å². The van der Waals surface area contributed by atoms with Crippen LogP contribution in [0.4, 0.5) is 0 Å². The average molecular weight is 452 g/mol. The van der Waals surface area contributed by atoms with Crippen molar-refractivity contribution in [3.63, 3.8) is 0 Å². The molecule has 0 unspecified atom stereocenters. The van der Waals surface area contributed by atoms with E-state index in [2.05, 4.69) is 0 Å². The number of ether oxygens (including phenoxy) is 3. The van der Waals surface area contributed by atoms with Crippen LogP contribution in [0.15, 0.2) is 77.8 Å². The highest BCUT2D eigenvalue weighted by Crippen LogP contribution is 2.37. The minimum absolute atomic E-state index is 0.276. The summed E-state index contributed by atoms with van der Waals surface area (Å²) in [5.41, 5.74) is 2.85. The highest BCUT2D eigenvalue weighted by Gasteiger charge is 2.20. The first-order valence-corrected chi connectivity index (χ1v) is 11.7. The van der Waals surface area contributed by atoms with Crippen LogP contribution in [0.2, 0.25) is 0 Å². The van der Waals surface area contributed by atoms with Gasteiger partial charge >= 0.3 is 0 Å². The molecule has 0 bridgehead atoms. The van der Waals surface area contributed by atoms with Crippen LogP contribution in [-0.2, 0) is 0 Å². The van der Waals surface area contributed by atoms with Crippen molar-refractivity contribution in [1.82, 2.24) is 0 Å². The molecule has 3 rings (SSSR count). The molecule has 0 fully saturated rings. The topological polar surface area (TPSA) is 40.0 Å². The highest BCUT2D eigenvalue weighted by atomic mass is 16.5. The van der Waals surface area contributed by atoms with Crippen LogP contribution in [0.1, 0.15) is 64.3 Å². The maximum absolute atomic E-state index is 5.58. The van der Waals surface area contributed by atoms with Crippen molar-refractivity contribution >= 4 is 6.21 Å². The lowest BCUT2D eigenvalue weighted by Gasteiger charge is -2.19. The molecule has 0 saturated carbocycles. The molecule has 4 nitrogen and oxygen atoms in total. The van der Waals surface area contributed by atoms with Crippen LogP contribution < -0.4 is 14.2 Å². The Kier molecular flexibility index (Phi) is 16.5. The van der Waals surface area contributed by atoms with Crippen LogP contribution >= 0.6 is 0 Å². The Morgan fingerprint density at radius 1 is 0.545 bits per heavy atom. The average Bonchev–Trinajstić information content (AvgIpc) is 2.93. The van der Waals surface area contributed by atoms with Gasteiger partial charge in [0.25, 0.3) is 0 Å². The van der Waals surface area contributed by atoms with Crippen LogP contribution in [0, 0.1) is 0 Å². The van der Waals surface area contributed by atoms with Crippen molar-refractivity contribution in [3.05, 3.63) is 89.5 Å². The van der Waals surface area contributed by atoms with Gasteiger partial charge in [-0.05, 0) is 24.3 Å². The smallest absolute Gasteiger partial charge is 0.127 e. The number of rotatable bonds is 7. The van der Waals surface area contributed by atoms with Gasteiger partial charge < -0.3 is 14.2 Å². The first-order chi connectivity index (χ1) is 16.3. The molecule has 3 aromatic carbocycles. The van der Waals surface area contributed by atoms with Gasteiger partial charge in [-0.1, -0.05) is 90.1 Å². The zero-order valence-corrected chi connectivity index (χ0v) is 21.8.